The molecule has 1 aliphatic heterocycles. The maximum Gasteiger partial charge on any atom is 0.406 e. The Bertz CT molecular complexity index is 712. The number of hydrogen-bond donors (Lipinski definition) is 9. The van der Waals surface area contributed by atoms with Gasteiger partial charge in [0.25, 0.3) is 0 Å². The molecule has 0 fully saturated rings. The summed E-state index contributed by atoms with van der Waals surface area (Å²) < 4.78 is 0. The Kier molecular flexibility index (Phi) is 7.16. The summed E-state index contributed by atoms with van der Waals surface area (Å²) in [5.41, 5.74) is 0.744. The molecule has 0 aliphatic carbocycles. The molecule has 27 heavy (non-hydrogen) atoms. The number of aliphatic hydroxyl groups excluding tert-OH is 2. The number of aromatic hydroxyl groups is 1. The molecule has 2 atom stereocenters. The fraction of sp³-hybridized carbons (Fsp3) is 0.400. The number of aliphatic imine (C=N–C) groups is 1. The summed E-state index contributed by atoms with van der Waals surface area (Å²) >= 11 is 0. The Morgan fingerprint density at radius 1 is 1.30 bits per heavy atom. The second-order valence-electron chi connectivity index (χ2n) is 5.70. The summed E-state index contributed by atoms with van der Waals surface area (Å²) in [6.45, 7) is 0.0630. The number of β-amino-alcohol motifs (C(OH)–C–C–N with tert-alkyl or cyclic N) is 1. The van der Waals surface area contributed by atoms with Crippen LogP contribution in [0.4, 0.5) is 10.5 Å². The first-order valence-electron chi connectivity index (χ1n) is 8.06. The normalized spacial score (nSPS) is 17.3. The molecule has 2 unspecified atom stereocenters. The minimum Gasteiger partial charge on any atom is -0.508 e. The van der Waals surface area contributed by atoms with Crippen LogP contribution >= 0.6 is 0 Å². The molecule has 1 aromatic rings. The molecule has 0 bridgehead atoms. The van der Waals surface area contributed by atoms with Crippen molar-refractivity contribution in [2.24, 2.45) is 4.99 Å². The number of phenols is 1. The fourth-order valence-electron chi connectivity index (χ4n) is 2.20. The van der Waals surface area contributed by atoms with Crippen LogP contribution in [0.2, 0.25) is 0 Å². The Balaban J connectivity index is 1.90. The van der Waals surface area contributed by atoms with Gasteiger partial charge in [0.05, 0.1) is 25.9 Å². The quantitative estimate of drug-likeness (QED) is 0.241. The van der Waals surface area contributed by atoms with E-state index in [0.29, 0.717) is 23.8 Å². The molecule has 148 valence electrons. The summed E-state index contributed by atoms with van der Waals surface area (Å²) in [6, 6.07) is 4.30. The molecule has 0 radical (unpaired) electrons. The van der Waals surface area contributed by atoms with Crippen LogP contribution in [0.5, 0.6) is 5.75 Å². The summed E-state index contributed by atoms with van der Waals surface area (Å²) in [7, 11) is 0. The number of carboxylic acid groups (broad SMARTS) is 1. The molecular formula is C15H22N6O6. The molecule has 1 heterocycles. The lowest BCUT2D eigenvalue weighted by molar-refractivity contribution is -0.120. The number of benzene rings is 1. The van der Waals surface area contributed by atoms with E-state index in [9.17, 15) is 24.9 Å². The van der Waals surface area contributed by atoms with Gasteiger partial charge in [0.15, 0.2) is 5.96 Å². The van der Waals surface area contributed by atoms with Gasteiger partial charge in [-0.15, -0.1) is 0 Å². The lowest BCUT2D eigenvalue weighted by Gasteiger charge is -2.21. The Morgan fingerprint density at radius 3 is 2.74 bits per heavy atom. The van der Waals surface area contributed by atoms with Crippen molar-refractivity contribution < 1.29 is 30.0 Å². The van der Waals surface area contributed by atoms with Crippen LogP contribution in [0, 0.1) is 0 Å². The highest BCUT2D eigenvalue weighted by Crippen LogP contribution is 2.23. The molecule has 1 aliphatic rings. The van der Waals surface area contributed by atoms with Crippen molar-refractivity contribution in [2.75, 3.05) is 31.6 Å². The fourth-order valence-corrected chi connectivity index (χ4v) is 2.20. The predicted octanol–water partition coefficient (Wildman–Crippen LogP) is -1.95. The molecule has 12 nitrogen and oxygen atoms in total. The van der Waals surface area contributed by atoms with Gasteiger partial charge in [0.2, 0.25) is 5.91 Å². The largest absolute Gasteiger partial charge is 0.508 e. The van der Waals surface area contributed by atoms with E-state index in [1.807, 2.05) is 5.32 Å². The summed E-state index contributed by atoms with van der Waals surface area (Å²) in [4.78, 5) is 25.9. The zero-order chi connectivity index (χ0) is 19.8. The number of amides is 2. The SMILES string of the molecule is O=C(O)NCNC(=O)CNC(O)c1cc(O)cc(NC2=NCC(O)CN2)c1. The number of aliphatic hydroxyl groups is 2. The van der Waals surface area contributed by atoms with Gasteiger partial charge in [0.1, 0.15) is 12.0 Å². The lowest BCUT2D eigenvalue weighted by atomic mass is 10.1. The number of carbonyl (C=O) groups is 2. The second-order valence-corrected chi connectivity index (χ2v) is 5.70. The highest BCUT2D eigenvalue weighted by Gasteiger charge is 2.14. The van der Waals surface area contributed by atoms with Gasteiger partial charge in [-0.25, -0.2) is 4.79 Å². The van der Waals surface area contributed by atoms with Crippen LogP contribution < -0.4 is 26.6 Å². The maximum absolute atomic E-state index is 11.6. The Labute approximate surface area is 154 Å². The number of phenolic OH excluding ortho intramolecular Hbond substituents is 1. The van der Waals surface area contributed by atoms with E-state index in [4.69, 9.17) is 5.11 Å². The standard InChI is InChI=1S/C15H22N6O6/c22-10-2-8(13(25)16-6-12(24)19-7-20-15(26)27)1-9(3-10)21-14-17-4-11(23)5-18-14/h1-3,11,13,16,20,22-23,25H,4-7H2,(H,19,24)(H,26,27)(H2,17,18,21). The van der Waals surface area contributed by atoms with E-state index in [2.05, 4.69) is 26.3 Å². The first-order valence-corrected chi connectivity index (χ1v) is 8.06. The Morgan fingerprint density at radius 2 is 2.07 bits per heavy atom. The van der Waals surface area contributed by atoms with Gasteiger partial charge in [-0.3, -0.25) is 15.1 Å². The topological polar surface area (TPSA) is 188 Å². The van der Waals surface area contributed by atoms with Gasteiger partial charge in [-0.05, 0) is 12.1 Å². The minimum absolute atomic E-state index is 0.109. The van der Waals surface area contributed by atoms with E-state index in [0.717, 1.165) is 0 Å². The zero-order valence-electron chi connectivity index (χ0n) is 14.3. The van der Waals surface area contributed by atoms with Crippen molar-refractivity contribution in [3.05, 3.63) is 23.8 Å². The Hall–Kier alpha value is -3.09. The van der Waals surface area contributed by atoms with Crippen molar-refractivity contribution in [1.29, 1.82) is 0 Å². The first kappa shape index (κ1) is 20.2. The first-order chi connectivity index (χ1) is 12.8. The van der Waals surface area contributed by atoms with E-state index >= 15 is 0 Å². The highest BCUT2D eigenvalue weighted by molar-refractivity contribution is 5.94. The van der Waals surface area contributed by atoms with Crippen molar-refractivity contribution in [3.63, 3.8) is 0 Å². The van der Waals surface area contributed by atoms with Gasteiger partial charge < -0.3 is 41.7 Å². The van der Waals surface area contributed by atoms with Crippen molar-refractivity contribution in [2.45, 2.75) is 12.3 Å². The molecule has 0 aromatic heterocycles. The van der Waals surface area contributed by atoms with Gasteiger partial charge >= 0.3 is 6.09 Å². The highest BCUT2D eigenvalue weighted by atomic mass is 16.4. The molecule has 0 spiro atoms. The number of nitrogens with zero attached hydrogens (tertiary/aromatic N) is 1. The third-order valence-corrected chi connectivity index (χ3v) is 3.47. The van der Waals surface area contributed by atoms with Crippen molar-refractivity contribution in [3.8, 4) is 5.75 Å². The molecule has 1 aromatic carbocycles. The predicted molar refractivity (Wildman–Crippen MR) is 95.2 cm³/mol. The smallest absolute Gasteiger partial charge is 0.406 e. The third kappa shape index (κ3) is 6.97. The second kappa shape index (κ2) is 9.56. The number of hydrogen-bond acceptors (Lipinski definition) is 9. The van der Waals surface area contributed by atoms with Crippen LogP contribution in [0.25, 0.3) is 0 Å². The lowest BCUT2D eigenvalue weighted by Crippen LogP contribution is -2.42. The van der Waals surface area contributed by atoms with E-state index in [1.54, 1.807) is 6.07 Å². The van der Waals surface area contributed by atoms with E-state index < -0.39 is 24.3 Å². The monoisotopic (exact) mass is 382 g/mol. The maximum atomic E-state index is 11.6. The summed E-state index contributed by atoms with van der Waals surface area (Å²) in [6.07, 6.45) is -3.08. The minimum atomic E-state index is -1.27. The number of rotatable bonds is 7. The third-order valence-electron chi connectivity index (χ3n) is 3.47. The van der Waals surface area contributed by atoms with Gasteiger partial charge in [-0.2, -0.15) is 0 Å². The summed E-state index contributed by atoms with van der Waals surface area (Å²) in [5, 5.41) is 50.4. The molecule has 9 N–H and O–H groups in total. The van der Waals surface area contributed by atoms with Crippen molar-refractivity contribution >= 4 is 23.6 Å². The summed E-state index contributed by atoms with van der Waals surface area (Å²) in [5.74, 6) is -0.215. The van der Waals surface area contributed by atoms with Gasteiger partial charge in [-0.1, -0.05) is 0 Å². The van der Waals surface area contributed by atoms with E-state index in [-0.39, 0.29) is 25.5 Å². The van der Waals surface area contributed by atoms with Crippen LogP contribution in [0.15, 0.2) is 23.2 Å². The van der Waals surface area contributed by atoms with Crippen LogP contribution in [0.3, 0.4) is 0 Å². The molecule has 0 saturated heterocycles. The molecule has 2 rings (SSSR count). The van der Waals surface area contributed by atoms with Crippen LogP contribution in [-0.4, -0.2) is 70.8 Å². The average molecular weight is 382 g/mol. The van der Waals surface area contributed by atoms with Crippen LogP contribution in [0.1, 0.15) is 11.8 Å². The number of nitrogens with one attached hydrogen (secondary N) is 5. The van der Waals surface area contributed by atoms with Crippen LogP contribution in [-0.2, 0) is 4.79 Å². The zero-order valence-corrected chi connectivity index (χ0v) is 14.3. The van der Waals surface area contributed by atoms with Gasteiger partial charge in [0, 0.05) is 23.9 Å². The number of guanidine groups is 1. The number of carbonyl (C=O) groups excluding carboxylic acids is 1. The molecule has 2 amide bonds. The average Bonchev–Trinajstić information content (AvgIpc) is 2.61. The molecule has 12 heteroatoms. The van der Waals surface area contributed by atoms with E-state index in [1.165, 1.54) is 12.1 Å². The van der Waals surface area contributed by atoms with Crippen molar-refractivity contribution in [1.82, 2.24) is 21.3 Å². The molecular weight excluding hydrogens is 360 g/mol. The molecule has 0 saturated carbocycles. The number of anilines is 1.